The predicted molar refractivity (Wildman–Crippen MR) is 69.5 cm³/mol. The molecule has 2 N–H and O–H groups in total. The third kappa shape index (κ3) is 2.86. The largest absolute Gasteiger partial charge is 0.480 e. The molecule has 2 aromatic rings. The van der Waals surface area contributed by atoms with Crippen LogP contribution in [0.3, 0.4) is 0 Å². The van der Waals surface area contributed by atoms with Crippen LogP contribution in [0.1, 0.15) is 5.76 Å². The Hall–Kier alpha value is -2.19. The zero-order valence-corrected chi connectivity index (χ0v) is 11.3. The van der Waals surface area contributed by atoms with E-state index < -0.39 is 22.5 Å². The Kier molecular flexibility index (Phi) is 3.86. The van der Waals surface area contributed by atoms with Crippen LogP contribution >= 0.6 is 0 Å². The summed E-state index contributed by atoms with van der Waals surface area (Å²) in [5, 5.41) is 12.3. The molecule has 106 valence electrons. The molecule has 8 heteroatoms. The van der Waals surface area contributed by atoms with Crippen molar-refractivity contribution in [3.63, 3.8) is 0 Å². The third-order valence-corrected chi connectivity index (χ3v) is 4.08. The van der Waals surface area contributed by atoms with E-state index in [1.165, 1.54) is 6.92 Å². The van der Waals surface area contributed by atoms with Gasteiger partial charge < -0.3 is 9.63 Å². The summed E-state index contributed by atoms with van der Waals surface area (Å²) >= 11 is 0. The Labute approximate surface area is 115 Å². The van der Waals surface area contributed by atoms with Crippen LogP contribution < -0.4 is 4.72 Å². The first-order chi connectivity index (χ1) is 9.42. The summed E-state index contributed by atoms with van der Waals surface area (Å²) in [7, 11) is -4.01. The fraction of sp³-hybridized carbons (Fsp3) is 0.167. The summed E-state index contributed by atoms with van der Waals surface area (Å²) < 4.78 is 31.2. The van der Waals surface area contributed by atoms with Crippen molar-refractivity contribution in [2.75, 3.05) is 6.54 Å². The van der Waals surface area contributed by atoms with Gasteiger partial charge in [0.2, 0.25) is 10.0 Å². The molecule has 0 radical (unpaired) electrons. The molecule has 0 aliphatic carbocycles. The molecule has 2 rings (SSSR count). The van der Waals surface area contributed by atoms with Crippen molar-refractivity contribution >= 4 is 16.0 Å². The first-order valence-electron chi connectivity index (χ1n) is 5.65. The van der Waals surface area contributed by atoms with E-state index in [9.17, 15) is 13.2 Å². The maximum atomic E-state index is 12.1. The summed E-state index contributed by atoms with van der Waals surface area (Å²) in [5.74, 6) is -1.18. The molecule has 0 spiro atoms. The number of hydrogen-bond donors (Lipinski definition) is 2. The lowest BCUT2D eigenvalue weighted by Gasteiger charge is -2.05. The molecule has 0 aliphatic rings. The second kappa shape index (κ2) is 5.43. The van der Waals surface area contributed by atoms with Crippen LogP contribution in [0.2, 0.25) is 0 Å². The molecule has 0 fully saturated rings. The van der Waals surface area contributed by atoms with Crippen LogP contribution in [0, 0.1) is 6.92 Å². The molecule has 20 heavy (non-hydrogen) atoms. The highest BCUT2D eigenvalue weighted by Gasteiger charge is 2.27. The number of nitrogens with one attached hydrogen (secondary N) is 1. The van der Waals surface area contributed by atoms with Gasteiger partial charge in [0.1, 0.15) is 12.2 Å². The van der Waals surface area contributed by atoms with E-state index >= 15 is 0 Å². The highest BCUT2D eigenvalue weighted by Crippen LogP contribution is 2.28. The molecule has 1 aromatic carbocycles. The molecule has 1 heterocycles. The number of aryl methyl sites for hydroxylation is 1. The van der Waals surface area contributed by atoms with Gasteiger partial charge in [-0.1, -0.05) is 35.5 Å². The second-order valence-corrected chi connectivity index (χ2v) is 5.70. The van der Waals surface area contributed by atoms with Crippen molar-refractivity contribution in [2.45, 2.75) is 11.8 Å². The van der Waals surface area contributed by atoms with Gasteiger partial charge in [-0.05, 0) is 6.92 Å². The van der Waals surface area contributed by atoms with Gasteiger partial charge in [0.25, 0.3) is 0 Å². The summed E-state index contributed by atoms with van der Waals surface area (Å²) in [6.45, 7) is 0.746. The van der Waals surface area contributed by atoms with E-state index in [0.717, 1.165) is 0 Å². The average Bonchev–Trinajstić information content (AvgIpc) is 2.80. The summed E-state index contributed by atoms with van der Waals surface area (Å²) in [6, 6.07) is 8.63. The minimum Gasteiger partial charge on any atom is -0.480 e. The summed E-state index contributed by atoms with van der Waals surface area (Å²) in [6.07, 6.45) is 0. The van der Waals surface area contributed by atoms with Crippen molar-refractivity contribution in [1.82, 2.24) is 9.88 Å². The number of sulfonamides is 1. The zero-order chi connectivity index (χ0) is 14.8. The van der Waals surface area contributed by atoms with E-state index in [1.54, 1.807) is 30.3 Å². The first kappa shape index (κ1) is 14.2. The first-order valence-corrected chi connectivity index (χ1v) is 7.13. The van der Waals surface area contributed by atoms with Crippen molar-refractivity contribution in [1.29, 1.82) is 0 Å². The second-order valence-electron chi connectivity index (χ2n) is 4.00. The molecule has 0 atom stereocenters. The fourth-order valence-electron chi connectivity index (χ4n) is 1.69. The molecule has 0 unspecified atom stereocenters. The Morgan fingerprint density at radius 1 is 1.35 bits per heavy atom. The Bertz CT molecular complexity index is 722. The molecule has 7 nitrogen and oxygen atoms in total. The van der Waals surface area contributed by atoms with Crippen LogP contribution in [-0.2, 0) is 14.8 Å². The number of nitrogens with zero attached hydrogens (tertiary/aromatic N) is 1. The lowest BCUT2D eigenvalue weighted by atomic mass is 10.1. The molecule has 0 bridgehead atoms. The number of carbonyl (C=O) groups is 1. The molecular formula is C12H12N2O5S. The highest BCUT2D eigenvalue weighted by atomic mass is 32.2. The number of carboxylic acid groups (broad SMARTS) is 1. The lowest BCUT2D eigenvalue weighted by molar-refractivity contribution is -0.135. The summed E-state index contributed by atoms with van der Waals surface area (Å²) in [4.78, 5) is 10.3. The van der Waals surface area contributed by atoms with Gasteiger partial charge in [-0.25, -0.2) is 8.42 Å². The number of benzene rings is 1. The van der Waals surface area contributed by atoms with Gasteiger partial charge in [-0.3, -0.25) is 4.79 Å². The van der Waals surface area contributed by atoms with E-state index in [1.807, 2.05) is 4.72 Å². The molecule has 0 amide bonds. The van der Waals surface area contributed by atoms with Gasteiger partial charge >= 0.3 is 5.97 Å². The van der Waals surface area contributed by atoms with Crippen molar-refractivity contribution in [3.8, 4) is 11.3 Å². The predicted octanol–water partition coefficient (Wildman–Crippen LogP) is 1.01. The Balaban J connectivity index is 2.47. The summed E-state index contributed by atoms with van der Waals surface area (Å²) in [5.41, 5.74) is 0.723. The number of aromatic nitrogens is 1. The number of rotatable bonds is 5. The SMILES string of the molecule is Cc1onc(-c2ccccc2)c1S(=O)(=O)NCC(=O)O. The monoisotopic (exact) mass is 296 g/mol. The maximum absolute atomic E-state index is 12.1. The van der Waals surface area contributed by atoms with Crippen LogP contribution in [0.15, 0.2) is 39.8 Å². The van der Waals surface area contributed by atoms with Gasteiger partial charge in [0.15, 0.2) is 10.7 Å². The van der Waals surface area contributed by atoms with E-state index in [4.69, 9.17) is 9.63 Å². The molecule has 1 aromatic heterocycles. The van der Waals surface area contributed by atoms with Gasteiger partial charge in [0, 0.05) is 5.56 Å². The van der Waals surface area contributed by atoms with Crippen LogP contribution in [0.5, 0.6) is 0 Å². The fourth-order valence-corrected chi connectivity index (χ4v) is 2.97. The van der Waals surface area contributed by atoms with Crippen LogP contribution in [0.4, 0.5) is 0 Å². The Morgan fingerprint density at radius 3 is 2.60 bits per heavy atom. The van der Waals surface area contributed by atoms with Crippen LogP contribution in [0.25, 0.3) is 11.3 Å². The smallest absolute Gasteiger partial charge is 0.318 e. The topological polar surface area (TPSA) is 110 Å². The number of aliphatic carboxylic acids is 1. The van der Waals surface area contributed by atoms with Crippen molar-refractivity contribution in [2.24, 2.45) is 0 Å². The molecular weight excluding hydrogens is 284 g/mol. The highest BCUT2D eigenvalue weighted by molar-refractivity contribution is 7.89. The van der Waals surface area contributed by atoms with Gasteiger partial charge in [-0.2, -0.15) is 4.72 Å². The standard InChI is InChI=1S/C12H12N2O5S/c1-8-12(20(17,18)13-7-10(15)16)11(14-19-8)9-5-3-2-4-6-9/h2-6,13H,7H2,1H3,(H,15,16). The van der Waals surface area contributed by atoms with Crippen molar-refractivity contribution < 1.29 is 22.8 Å². The lowest BCUT2D eigenvalue weighted by Crippen LogP contribution is -2.29. The average molecular weight is 296 g/mol. The minimum atomic E-state index is -4.01. The van der Waals surface area contributed by atoms with E-state index in [-0.39, 0.29) is 16.3 Å². The zero-order valence-electron chi connectivity index (χ0n) is 10.5. The molecule has 0 aliphatic heterocycles. The van der Waals surface area contributed by atoms with Gasteiger partial charge in [-0.15, -0.1) is 0 Å². The van der Waals surface area contributed by atoms with E-state index in [2.05, 4.69) is 5.16 Å². The van der Waals surface area contributed by atoms with Crippen molar-refractivity contribution in [3.05, 3.63) is 36.1 Å². The third-order valence-electron chi connectivity index (χ3n) is 2.54. The molecule has 0 saturated carbocycles. The minimum absolute atomic E-state index is 0.0988. The molecule has 0 saturated heterocycles. The quantitative estimate of drug-likeness (QED) is 0.852. The maximum Gasteiger partial charge on any atom is 0.318 e. The van der Waals surface area contributed by atoms with Gasteiger partial charge in [0.05, 0.1) is 0 Å². The van der Waals surface area contributed by atoms with E-state index in [0.29, 0.717) is 5.56 Å². The number of carboxylic acids is 1. The normalized spacial score (nSPS) is 11.4. The van der Waals surface area contributed by atoms with Crippen LogP contribution in [-0.4, -0.2) is 31.2 Å². The Morgan fingerprint density at radius 2 is 2.00 bits per heavy atom. The number of hydrogen-bond acceptors (Lipinski definition) is 5.